The van der Waals surface area contributed by atoms with Crippen LogP contribution in [0, 0.1) is 5.82 Å². The lowest BCUT2D eigenvalue weighted by Crippen LogP contribution is -2.60. The summed E-state index contributed by atoms with van der Waals surface area (Å²) < 4.78 is 24.5. The molecule has 0 spiro atoms. The van der Waals surface area contributed by atoms with Crippen LogP contribution in [0.4, 0.5) is 4.39 Å². The van der Waals surface area contributed by atoms with E-state index < -0.39 is 29.2 Å². The van der Waals surface area contributed by atoms with Crippen LogP contribution in [-0.2, 0) is 19.1 Å². The molecule has 0 bridgehead atoms. The van der Waals surface area contributed by atoms with E-state index in [1.54, 1.807) is 32.0 Å². The van der Waals surface area contributed by atoms with Gasteiger partial charge in [0.25, 0.3) is 0 Å². The normalized spacial score (nSPS) is 22.6. The SMILES string of the molecule is CCOC(=O)C1(C(=O)OCC)N[C@@H](C)C[C@H]1c1ccccc1F. The van der Waals surface area contributed by atoms with Crippen molar-refractivity contribution < 1.29 is 23.5 Å². The Bertz CT molecular complexity index is 572. The molecule has 1 fully saturated rings. The second-order valence-electron chi connectivity index (χ2n) is 5.60. The Morgan fingerprint density at radius 2 is 1.78 bits per heavy atom. The fraction of sp³-hybridized carbons (Fsp3) is 0.529. The second kappa shape index (κ2) is 7.08. The summed E-state index contributed by atoms with van der Waals surface area (Å²) in [5, 5.41) is 3.00. The Morgan fingerprint density at radius 1 is 1.22 bits per heavy atom. The first-order chi connectivity index (χ1) is 11.0. The summed E-state index contributed by atoms with van der Waals surface area (Å²) in [6, 6.07) is 6.00. The number of esters is 2. The van der Waals surface area contributed by atoms with E-state index in [-0.39, 0.29) is 19.3 Å². The summed E-state index contributed by atoms with van der Waals surface area (Å²) in [6.07, 6.45) is 0.429. The smallest absolute Gasteiger partial charge is 0.338 e. The number of hydrogen-bond donors (Lipinski definition) is 1. The molecule has 6 heteroatoms. The fourth-order valence-electron chi connectivity index (χ4n) is 3.17. The Labute approximate surface area is 135 Å². The van der Waals surface area contributed by atoms with Crippen LogP contribution in [0.3, 0.4) is 0 Å². The van der Waals surface area contributed by atoms with Crippen LogP contribution in [0.25, 0.3) is 0 Å². The standard InChI is InChI=1S/C17H22FNO4/c1-4-22-15(20)17(16(21)23-5-2)13(10-11(3)19-17)12-8-6-7-9-14(12)18/h6-9,11,13,19H,4-5,10H2,1-3H3/t11-,13-/m0/s1. The van der Waals surface area contributed by atoms with Crippen molar-refractivity contribution in [1.82, 2.24) is 5.32 Å². The van der Waals surface area contributed by atoms with Crippen molar-refractivity contribution in [1.29, 1.82) is 0 Å². The van der Waals surface area contributed by atoms with Gasteiger partial charge in [0.05, 0.1) is 13.2 Å². The predicted octanol–water partition coefficient (Wildman–Crippen LogP) is 2.16. The Hall–Kier alpha value is -1.95. The van der Waals surface area contributed by atoms with Crippen LogP contribution in [-0.4, -0.2) is 36.7 Å². The molecule has 0 unspecified atom stereocenters. The first-order valence-electron chi connectivity index (χ1n) is 7.83. The van der Waals surface area contributed by atoms with Gasteiger partial charge in [-0.3, -0.25) is 5.32 Å². The van der Waals surface area contributed by atoms with Gasteiger partial charge in [-0.25, -0.2) is 14.0 Å². The van der Waals surface area contributed by atoms with E-state index in [4.69, 9.17) is 9.47 Å². The Morgan fingerprint density at radius 3 is 2.30 bits per heavy atom. The molecule has 23 heavy (non-hydrogen) atoms. The van der Waals surface area contributed by atoms with Crippen LogP contribution in [0.5, 0.6) is 0 Å². The van der Waals surface area contributed by atoms with Crippen LogP contribution in [0.15, 0.2) is 24.3 Å². The van der Waals surface area contributed by atoms with Crippen LogP contribution < -0.4 is 5.32 Å². The summed E-state index contributed by atoms with van der Waals surface area (Å²) in [6.45, 7) is 5.41. The van der Waals surface area contributed by atoms with Crippen LogP contribution in [0.2, 0.25) is 0 Å². The van der Waals surface area contributed by atoms with Gasteiger partial charge in [-0.15, -0.1) is 0 Å². The minimum absolute atomic E-state index is 0.125. The van der Waals surface area contributed by atoms with Crippen molar-refractivity contribution in [3.63, 3.8) is 0 Å². The van der Waals surface area contributed by atoms with E-state index in [1.165, 1.54) is 6.07 Å². The number of nitrogens with one attached hydrogen (secondary N) is 1. The van der Waals surface area contributed by atoms with E-state index >= 15 is 0 Å². The third-order valence-electron chi connectivity index (χ3n) is 4.06. The minimum Gasteiger partial charge on any atom is -0.464 e. The van der Waals surface area contributed by atoms with Crippen molar-refractivity contribution in [3.8, 4) is 0 Å². The molecule has 1 aromatic rings. The molecule has 2 atom stereocenters. The molecule has 126 valence electrons. The molecule has 0 radical (unpaired) electrons. The fourth-order valence-corrected chi connectivity index (χ4v) is 3.17. The van der Waals surface area contributed by atoms with Crippen molar-refractivity contribution in [2.24, 2.45) is 0 Å². The van der Waals surface area contributed by atoms with Gasteiger partial charge in [-0.05, 0) is 38.8 Å². The van der Waals surface area contributed by atoms with Gasteiger partial charge >= 0.3 is 11.9 Å². The number of rotatable bonds is 5. The lowest BCUT2D eigenvalue weighted by Gasteiger charge is -2.31. The lowest BCUT2D eigenvalue weighted by molar-refractivity contribution is -0.166. The van der Waals surface area contributed by atoms with Gasteiger partial charge < -0.3 is 9.47 Å². The third kappa shape index (κ3) is 3.08. The summed E-state index contributed by atoms with van der Waals surface area (Å²) in [4.78, 5) is 25.2. The zero-order valence-corrected chi connectivity index (χ0v) is 13.6. The second-order valence-corrected chi connectivity index (χ2v) is 5.60. The highest BCUT2D eigenvalue weighted by atomic mass is 19.1. The van der Waals surface area contributed by atoms with E-state index in [2.05, 4.69) is 5.32 Å². The zero-order chi connectivity index (χ0) is 17.0. The Kier molecular flexibility index (Phi) is 5.36. The van der Waals surface area contributed by atoms with Gasteiger partial charge in [0.1, 0.15) is 5.82 Å². The molecule has 0 aliphatic carbocycles. The third-order valence-corrected chi connectivity index (χ3v) is 4.06. The molecular weight excluding hydrogens is 301 g/mol. The zero-order valence-electron chi connectivity index (χ0n) is 13.6. The maximum atomic E-state index is 14.3. The molecule has 1 N–H and O–H groups in total. The number of carbonyl (C=O) groups is 2. The molecule has 5 nitrogen and oxygen atoms in total. The van der Waals surface area contributed by atoms with E-state index in [0.717, 1.165) is 0 Å². The van der Waals surface area contributed by atoms with E-state index in [0.29, 0.717) is 12.0 Å². The molecule has 0 amide bonds. The largest absolute Gasteiger partial charge is 0.464 e. The van der Waals surface area contributed by atoms with Gasteiger partial charge in [0.15, 0.2) is 0 Å². The maximum absolute atomic E-state index is 14.3. The topological polar surface area (TPSA) is 64.6 Å². The number of halogens is 1. The number of benzene rings is 1. The highest BCUT2D eigenvalue weighted by Gasteiger charge is 2.60. The molecule has 0 aromatic heterocycles. The van der Waals surface area contributed by atoms with E-state index in [9.17, 15) is 14.0 Å². The van der Waals surface area contributed by atoms with Gasteiger partial charge in [0.2, 0.25) is 5.54 Å². The molecule has 1 saturated heterocycles. The minimum atomic E-state index is -1.71. The van der Waals surface area contributed by atoms with Gasteiger partial charge in [-0.2, -0.15) is 0 Å². The number of carbonyl (C=O) groups excluding carboxylic acids is 2. The summed E-state index contributed by atoms with van der Waals surface area (Å²) in [7, 11) is 0. The maximum Gasteiger partial charge on any atom is 0.338 e. The Balaban J connectivity index is 2.54. The van der Waals surface area contributed by atoms with E-state index in [1.807, 2.05) is 6.92 Å². The average molecular weight is 323 g/mol. The molecule has 1 aromatic carbocycles. The first kappa shape index (κ1) is 17.4. The van der Waals surface area contributed by atoms with Crippen molar-refractivity contribution in [3.05, 3.63) is 35.6 Å². The summed E-state index contributed by atoms with van der Waals surface area (Å²) >= 11 is 0. The highest BCUT2D eigenvalue weighted by Crippen LogP contribution is 2.41. The molecule has 1 heterocycles. The van der Waals surface area contributed by atoms with Gasteiger partial charge in [-0.1, -0.05) is 18.2 Å². The molecule has 0 saturated carbocycles. The highest BCUT2D eigenvalue weighted by molar-refractivity contribution is 6.06. The summed E-state index contributed by atoms with van der Waals surface area (Å²) in [5.74, 6) is -2.59. The average Bonchev–Trinajstić information content (AvgIpc) is 2.87. The molecule has 1 aliphatic rings. The van der Waals surface area contributed by atoms with Gasteiger partial charge in [0, 0.05) is 12.0 Å². The number of hydrogen-bond acceptors (Lipinski definition) is 5. The van der Waals surface area contributed by atoms with Crippen LogP contribution in [0.1, 0.15) is 38.7 Å². The van der Waals surface area contributed by atoms with Crippen LogP contribution >= 0.6 is 0 Å². The monoisotopic (exact) mass is 323 g/mol. The van der Waals surface area contributed by atoms with Crippen molar-refractivity contribution in [2.45, 2.75) is 44.7 Å². The first-order valence-corrected chi connectivity index (χ1v) is 7.83. The van der Waals surface area contributed by atoms with Crippen molar-refractivity contribution in [2.75, 3.05) is 13.2 Å². The molecular formula is C17H22FNO4. The lowest BCUT2D eigenvalue weighted by atomic mass is 9.79. The molecule has 2 rings (SSSR count). The van der Waals surface area contributed by atoms with Crippen molar-refractivity contribution >= 4 is 11.9 Å². The summed E-state index contributed by atoms with van der Waals surface area (Å²) in [5.41, 5.74) is -1.40. The molecule has 1 aliphatic heterocycles. The number of ether oxygens (including phenoxy) is 2. The quantitative estimate of drug-likeness (QED) is 0.664. The predicted molar refractivity (Wildman–Crippen MR) is 82.4 cm³/mol.